The number of aliphatic hydroxyl groups is 11. The van der Waals surface area contributed by atoms with Crippen LogP contribution < -0.4 is 10.6 Å². The third kappa shape index (κ3) is 27.9. The average Bonchev–Trinajstić information content (AvgIpc) is 0.913. The highest BCUT2D eigenvalue weighted by Gasteiger charge is 2.60. The van der Waals surface area contributed by atoms with Crippen LogP contribution >= 0.6 is 0 Å². The molecule has 0 aromatic rings. The van der Waals surface area contributed by atoms with E-state index in [1.54, 1.807) is 6.08 Å². The predicted octanol–water partition coefficient (Wildman–Crippen LogP) is 4.73. The van der Waals surface area contributed by atoms with Gasteiger partial charge in [-0.25, -0.2) is 4.79 Å². The first-order valence-corrected chi connectivity index (χ1v) is 33.1. The summed E-state index contributed by atoms with van der Waals surface area (Å²) in [6, 6.07) is -2.61. The average molecular weight is 1240 g/mol. The van der Waals surface area contributed by atoms with Crippen molar-refractivity contribution in [2.75, 3.05) is 26.4 Å². The highest BCUT2D eigenvalue weighted by Crippen LogP contribution is 2.38. The molecule has 2 amide bonds. The number of aliphatic hydroxyl groups excluding tert-OH is 11. The monoisotopic (exact) mass is 1240 g/mol. The first-order chi connectivity index (χ1) is 41.4. The third-order valence-electron chi connectivity index (χ3n) is 17.0. The normalized spacial score (nSPS) is 29.4. The van der Waals surface area contributed by atoms with Crippen molar-refractivity contribution in [2.45, 2.75) is 342 Å². The summed E-state index contributed by atoms with van der Waals surface area (Å²) in [4.78, 5) is 38.4. The van der Waals surface area contributed by atoms with E-state index >= 15 is 0 Å². The molecule has 14 N–H and O–H groups in total. The summed E-state index contributed by atoms with van der Waals surface area (Å²) in [5.74, 6) is -6.14. The van der Waals surface area contributed by atoms with Crippen LogP contribution in [-0.2, 0) is 42.8 Å². The zero-order valence-corrected chi connectivity index (χ0v) is 52.2. The third-order valence-corrected chi connectivity index (χ3v) is 17.0. The van der Waals surface area contributed by atoms with Crippen LogP contribution in [0.2, 0.25) is 0 Å². The molecule has 0 aromatic heterocycles. The number of carbonyl (C=O) groups is 3. The van der Waals surface area contributed by atoms with Gasteiger partial charge in [-0.3, -0.25) is 9.59 Å². The molecule has 3 aliphatic rings. The maximum atomic E-state index is 13.4. The van der Waals surface area contributed by atoms with E-state index in [9.17, 15) is 75.7 Å². The lowest BCUT2D eigenvalue weighted by Gasteiger charge is -2.50. The van der Waals surface area contributed by atoms with Crippen molar-refractivity contribution in [3.8, 4) is 0 Å². The largest absolute Gasteiger partial charge is 0.477 e. The molecule has 0 radical (unpaired) electrons. The minimum absolute atomic E-state index is 0.204. The summed E-state index contributed by atoms with van der Waals surface area (Å²) in [5, 5.41) is 135. The van der Waals surface area contributed by atoms with Crippen LogP contribution in [0.4, 0.5) is 0 Å². The number of carboxylic acid groups (broad SMARTS) is 1. The number of allylic oxidation sites excluding steroid dienone is 1. The minimum atomic E-state index is -3.08. The molecule has 3 rings (SSSR count). The van der Waals surface area contributed by atoms with Crippen molar-refractivity contribution < 1.29 is 104 Å². The van der Waals surface area contributed by atoms with Gasteiger partial charge in [0.2, 0.25) is 11.8 Å². The van der Waals surface area contributed by atoms with Crippen LogP contribution in [0, 0.1) is 0 Å². The van der Waals surface area contributed by atoms with Crippen LogP contribution in [0.25, 0.3) is 0 Å². The van der Waals surface area contributed by atoms with Crippen molar-refractivity contribution in [3.05, 3.63) is 12.2 Å². The zero-order chi connectivity index (χ0) is 63.3. The van der Waals surface area contributed by atoms with Crippen molar-refractivity contribution in [2.24, 2.45) is 0 Å². The van der Waals surface area contributed by atoms with Crippen LogP contribution in [0.1, 0.15) is 233 Å². The van der Waals surface area contributed by atoms with Gasteiger partial charge in [0.05, 0.1) is 50.7 Å². The molecule has 0 aromatic carbocycles. The van der Waals surface area contributed by atoms with Gasteiger partial charge in [-0.05, 0) is 19.3 Å². The number of carbonyl (C=O) groups excluding carboxylic acids is 2. The van der Waals surface area contributed by atoms with E-state index in [0.29, 0.717) is 12.8 Å². The lowest BCUT2D eigenvalue weighted by atomic mass is 9.88. The number of amides is 2. The highest BCUT2D eigenvalue weighted by molar-refractivity contribution is 5.77. The molecule has 23 nitrogen and oxygen atoms in total. The van der Waals surface area contributed by atoms with E-state index in [0.717, 1.165) is 51.9 Å². The maximum Gasteiger partial charge on any atom is 0.364 e. The van der Waals surface area contributed by atoms with E-state index in [1.807, 2.05) is 6.08 Å². The van der Waals surface area contributed by atoms with Gasteiger partial charge >= 0.3 is 5.97 Å². The van der Waals surface area contributed by atoms with Gasteiger partial charge in [-0.1, -0.05) is 206 Å². The Morgan fingerprint density at radius 3 is 1.55 bits per heavy atom. The predicted molar refractivity (Wildman–Crippen MR) is 320 cm³/mol. The molecule has 3 aliphatic heterocycles. The van der Waals surface area contributed by atoms with Crippen molar-refractivity contribution in [1.29, 1.82) is 0 Å². The van der Waals surface area contributed by atoms with E-state index in [-0.39, 0.29) is 12.3 Å². The summed E-state index contributed by atoms with van der Waals surface area (Å²) in [5.41, 5.74) is 0. The number of carboxylic acids is 1. The molecule has 0 saturated carbocycles. The van der Waals surface area contributed by atoms with Crippen molar-refractivity contribution >= 4 is 17.8 Å². The molecule has 18 unspecified atom stereocenters. The van der Waals surface area contributed by atoms with E-state index < -0.39 is 155 Å². The van der Waals surface area contributed by atoms with Gasteiger partial charge in [-0.2, -0.15) is 0 Å². The van der Waals surface area contributed by atoms with E-state index in [2.05, 4.69) is 24.5 Å². The van der Waals surface area contributed by atoms with Gasteiger partial charge in [0.25, 0.3) is 5.79 Å². The summed E-state index contributed by atoms with van der Waals surface area (Å²) >= 11 is 0. The second-order valence-electron chi connectivity index (χ2n) is 24.3. The Hall–Kier alpha value is -2.53. The first kappa shape index (κ1) is 77.7. The Kier molecular flexibility index (Phi) is 40.5. The molecule has 3 saturated heterocycles. The fourth-order valence-electron chi connectivity index (χ4n) is 11.6. The summed E-state index contributed by atoms with van der Waals surface area (Å²) in [7, 11) is 0. The Labute approximate surface area is 511 Å². The topological polar surface area (TPSA) is 373 Å². The molecular weight excluding hydrogens is 1120 g/mol. The molecule has 504 valence electrons. The number of unbranched alkanes of at least 4 members (excludes halogenated alkanes) is 29. The SMILES string of the molecule is CCCCCCCCCC/C=C/C(O)C(COC1OC(CO)C(OC2OC(CO)C(O)C(OC3(C(=O)O)CC(O)C(NC(C)=O)C(C(O)C(O)CO)O3)C2O)C(O)C1O)NC(=O)CCCCCCCCCCCCCCCCCCCCCCCC. The fraction of sp³-hybridized carbons (Fsp3) is 0.921. The Bertz CT molecular complexity index is 1810. The molecule has 86 heavy (non-hydrogen) atoms. The second kappa shape index (κ2) is 44.9. The van der Waals surface area contributed by atoms with Gasteiger partial charge in [0.15, 0.2) is 12.6 Å². The molecule has 18 atom stereocenters. The van der Waals surface area contributed by atoms with Gasteiger partial charge in [0.1, 0.15) is 67.1 Å². The van der Waals surface area contributed by atoms with E-state index in [4.69, 9.17) is 28.4 Å². The van der Waals surface area contributed by atoms with Gasteiger partial charge in [-0.15, -0.1) is 0 Å². The molecule has 3 heterocycles. The number of hydrogen-bond donors (Lipinski definition) is 14. The van der Waals surface area contributed by atoms with E-state index in [1.165, 1.54) is 141 Å². The highest BCUT2D eigenvalue weighted by atomic mass is 16.8. The smallest absolute Gasteiger partial charge is 0.364 e. The van der Waals surface area contributed by atoms with Gasteiger partial charge in [0, 0.05) is 19.8 Å². The lowest BCUT2D eigenvalue weighted by molar-refractivity contribution is -0.386. The van der Waals surface area contributed by atoms with Crippen LogP contribution in [-0.4, -0.2) is 215 Å². The Balaban J connectivity index is 1.58. The number of hydrogen-bond acceptors (Lipinski definition) is 20. The quantitative estimate of drug-likeness (QED) is 0.0289. The first-order valence-electron chi connectivity index (χ1n) is 33.1. The zero-order valence-electron chi connectivity index (χ0n) is 52.2. The minimum Gasteiger partial charge on any atom is -0.477 e. The Morgan fingerprint density at radius 2 is 1.08 bits per heavy atom. The lowest BCUT2D eigenvalue weighted by Crippen LogP contribution is -2.70. The molecule has 23 heteroatoms. The standard InChI is InChI=1S/C63H116N2O21/c1-4-6-8-10-12-14-16-17-18-19-20-21-22-23-24-25-26-27-29-31-33-35-37-50(73)65-44(45(70)36-34-32-30-28-15-13-11-9-7-5-2)42-81-60-55(77)54(76)57(49(41-68)83-60)84-61-56(78)59(53(75)48(40-67)82-61)86-63(62(79)80)38-46(71)51(64-43(3)69)58(85-63)52(74)47(72)39-66/h34,36,44-49,51-61,66-68,70-72,74-78H,4-33,35,37-42H2,1-3H3,(H,64,69)(H,65,73)(H,79,80)/b36-34+. The van der Waals surface area contributed by atoms with Crippen LogP contribution in [0.15, 0.2) is 12.2 Å². The molecule has 0 spiro atoms. The molecule has 3 fully saturated rings. The number of aliphatic carboxylic acids is 1. The fourth-order valence-corrected chi connectivity index (χ4v) is 11.6. The molecule has 0 bridgehead atoms. The maximum absolute atomic E-state index is 13.4. The van der Waals surface area contributed by atoms with Crippen molar-refractivity contribution in [1.82, 2.24) is 10.6 Å². The van der Waals surface area contributed by atoms with Crippen LogP contribution in [0.5, 0.6) is 0 Å². The molecule has 0 aliphatic carbocycles. The Morgan fingerprint density at radius 1 is 0.605 bits per heavy atom. The van der Waals surface area contributed by atoms with Crippen LogP contribution in [0.3, 0.4) is 0 Å². The number of nitrogens with one attached hydrogen (secondary N) is 2. The number of ether oxygens (including phenoxy) is 6. The summed E-state index contributed by atoms with van der Waals surface area (Å²) in [6.45, 7) is 2.10. The van der Waals surface area contributed by atoms with Crippen molar-refractivity contribution in [3.63, 3.8) is 0 Å². The van der Waals surface area contributed by atoms with Gasteiger partial charge < -0.3 is 100 Å². The summed E-state index contributed by atoms with van der Waals surface area (Å²) < 4.78 is 34.7. The molecular formula is C63H116N2O21. The second-order valence-corrected chi connectivity index (χ2v) is 24.3. The number of rotatable bonds is 49. The summed E-state index contributed by atoms with van der Waals surface area (Å²) in [6.07, 6.45) is 11.5.